The van der Waals surface area contributed by atoms with Crippen molar-refractivity contribution in [2.45, 2.75) is 19.9 Å². The van der Waals surface area contributed by atoms with Gasteiger partial charge in [-0.05, 0) is 32.0 Å². The zero-order valence-electron chi connectivity index (χ0n) is 15.4. The van der Waals surface area contributed by atoms with Gasteiger partial charge in [0.05, 0.1) is 11.6 Å². The van der Waals surface area contributed by atoms with E-state index in [-0.39, 0.29) is 6.04 Å². The van der Waals surface area contributed by atoms with Gasteiger partial charge in [0.2, 0.25) is 0 Å². The molecule has 0 radical (unpaired) electrons. The minimum absolute atomic E-state index is 0.362. The van der Waals surface area contributed by atoms with Gasteiger partial charge < -0.3 is 14.3 Å². The van der Waals surface area contributed by atoms with E-state index in [1.165, 1.54) is 4.90 Å². The van der Waals surface area contributed by atoms with Gasteiger partial charge in [-0.3, -0.25) is 9.59 Å². The first kappa shape index (κ1) is 17.1. The van der Waals surface area contributed by atoms with E-state index in [2.05, 4.69) is 4.98 Å². The molecule has 0 aliphatic rings. The van der Waals surface area contributed by atoms with Gasteiger partial charge in [0.1, 0.15) is 11.3 Å². The highest BCUT2D eigenvalue weighted by Crippen LogP contribution is 2.28. The zero-order chi connectivity index (χ0) is 19.1. The lowest BCUT2D eigenvalue weighted by Crippen LogP contribution is -2.35. The van der Waals surface area contributed by atoms with Gasteiger partial charge in [-0.15, -0.1) is 0 Å². The molecule has 5 nitrogen and oxygen atoms in total. The number of aromatic amines is 1. The number of amides is 1. The molecule has 1 amide bonds. The Morgan fingerprint density at radius 3 is 2.56 bits per heavy atom. The predicted molar refractivity (Wildman–Crippen MR) is 105 cm³/mol. The first-order valence-electron chi connectivity index (χ1n) is 8.84. The highest BCUT2D eigenvalue weighted by Gasteiger charge is 2.29. The van der Waals surface area contributed by atoms with E-state index < -0.39 is 11.7 Å². The second kappa shape index (κ2) is 6.43. The van der Waals surface area contributed by atoms with Crippen molar-refractivity contribution in [1.29, 1.82) is 0 Å². The van der Waals surface area contributed by atoms with Crippen LogP contribution < -0.4 is 0 Å². The summed E-state index contributed by atoms with van der Waals surface area (Å²) in [5, 5.41) is 1.73. The average Bonchev–Trinajstić information content (AvgIpc) is 3.25. The number of nitrogens with zero attached hydrogens (tertiary/aromatic N) is 1. The lowest BCUT2D eigenvalue weighted by Gasteiger charge is -2.22. The van der Waals surface area contributed by atoms with Crippen molar-refractivity contribution in [2.24, 2.45) is 0 Å². The lowest BCUT2D eigenvalue weighted by molar-refractivity contribution is -0.127. The molecule has 2 heterocycles. The maximum absolute atomic E-state index is 12.9. The predicted octanol–water partition coefficient (Wildman–Crippen LogP) is 4.62. The van der Waals surface area contributed by atoms with E-state index in [1.54, 1.807) is 7.05 Å². The average molecular weight is 360 g/mol. The minimum Gasteiger partial charge on any atom is -0.459 e. The van der Waals surface area contributed by atoms with Crippen molar-refractivity contribution >= 4 is 33.6 Å². The number of hydrogen-bond donors (Lipinski definition) is 1. The number of carbonyl (C=O) groups excluding carboxylic acids is 2. The molecule has 1 atom stereocenters. The molecular weight excluding hydrogens is 340 g/mol. The summed E-state index contributed by atoms with van der Waals surface area (Å²) in [6.45, 7) is 3.66. The number of fused-ring (bicyclic) bond motifs is 2. The fraction of sp³-hybridized carbons (Fsp3) is 0.182. The summed E-state index contributed by atoms with van der Waals surface area (Å²) in [6.07, 6.45) is 0. The van der Waals surface area contributed by atoms with Crippen molar-refractivity contribution < 1.29 is 14.0 Å². The van der Waals surface area contributed by atoms with Crippen molar-refractivity contribution in [2.75, 3.05) is 7.05 Å². The number of Topliss-reactive ketones (excluding diaryl/α,β-unsaturated/α-hetero) is 1. The minimum atomic E-state index is -0.559. The Labute approximate surface area is 156 Å². The van der Waals surface area contributed by atoms with E-state index in [0.29, 0.717) is 17.0 Å². The van der Waals surface area contributed by atoms with Crippen LogP contribution in [0.5, 0.6) is 0 Å². The molecule has 136 valence electrons. The first-order valence-corrected chi connectivity index (χ1v) is 8.84. The molecule has 5 heteroatoms. The van der Waals surface area contributed by atoms with Crippen LogP contribution in [0.3, 0.4) is 0 Å². The number of rotatable bonds is 4. The van der Waals surface area contributed by atoms with Crippen molar-refractivity contribution in [3.05, 3.63) is 71.6 Å². The summed E-state index contributed by atoms with van der Waals surface area (Å²) in [5.74, 6) is -0.429. The molecule has 0 spiro atoms. The Bertz CT molecular complexity index is 1140. The maximum atomic E-state index is 12.9. The molecule has 0 bridgehead atoms. The number of aryl methyl sites for hydroxylation is 1. The Morgan fingerprint density at radius 1 is 1.07 bits per heavy atom. The number of hydrogen-bond acceptors (Lipinski definition) is 3. The number of para-hydroxylation sites is 2. The SMILES string of the molecule is Cc1[nH]c2ccccc2c1C(=O)C(=O)N(C)[C@H](C)c1cc2ccccc2o1. The summed E-state index contributed by atoms with van der Waals surface area (Å²) in [7, 11) is 1.63. The number of benzene rings is 2. The zero-order valence-corrected chi connectivity index (χ0v) is 15.4. The van der Waals surface area contributed by atoms with Gasteiger partial charge in [0.25, 0.3) is 11.7 Å². The third-order valence-electron chi connectivity index (χ3n) is 5.07. The molecule has 1 N–H and O–H groups in total. The molecule has 4 aromatic rings. The Hall–Kier alpha value is -3.34. The van der Waals surface area contributed by atoms with Gasteiger partial charge in [-0.2, -0.15) is 0 Å². The molecule has 0 aliphatic carbocycles. The molecule has 27 heavy (non-hydrogen) atoms. The normalized spacial score (nSPS) is 12.4. The molecule has 0 saturated carbocycles. The van der Waals surface area contributed by atoms with Gasteiger partial charge in [0.15, 0.2) is 0 Å². The Balaban J connectivity index is 1.64. The van der Waals surface area contributed by atoms with Crippen LogP contribution in [0, 0.1) is 6.92 Å². The summed E-state index contributed by atoms with van der Waals surface area (Å²) < 4.78 is 5.85. The molecule has 0 unspecified atom stereocenters. The molecule has 2 aromatic carbocycles. The van der Waals surface area contributed by atoms with Gasteiger partial charge in [0, 0.05) is 29.0 Å². The van der Waals surface area contributed by atoms with Crippen LogP contribution >= 0.6 is 0 Å². The number of nitrogens with one attached hydrogen (secondary N) is 1. The second-order valence-corrected chi connectivity index (χ2v) is 6.78. The largest absolute Gasteiger partial charge is 0.459 e. The third kappa shape index (κ3) is 2.81. The summed E-state index contributed by atoms with van der Waals surface area (Å²) in [5.41, 5.74) is 2.73. The second-order valence-electron chi connectivity index (χ2n) is 6.78. The van der Waals surface area contributed by atoms with Crippen LogP contribution in [-0.2, 0) is 4.79 Å². The van der Waals surface area contributed by atoms with Crippen molar-refractivity contribution in [3.8, 4) is 0 Å². The first-order chi connectivity index (χ1) is 13.0. The number of furan rings is 1. The van der Waals surface area contributed by atoms with Gasteiger partial charge in [-0.25, -0.2) is 0 Å². The van der Waals surface area contributed by atoms with Crippen LogP contribution in [-0.4, -0.2) is 28.6 Å². The fourth-order valence-electron chi connectivity index (χ4n) is 3.41. The molecule has 4 rings (SSSR count). The van der Waals surface area contributed by atoms with Crippen LogP contribution in [0.25, 0.3) is 21.9 Å². The smallest absolute Gasteiger partial charge is 0.295 e. The quantitative estimate of drug-likeness (QED) is 0.426. The van der Waals surface area contributed by atoms with Crippen LogP contribution in [0.15, 0.2) is 59.0 Å². The monoisotopic (exact) mass is 360 g/mol. The fourth-order valence-corrected chi connectivity index (χ4v) is 3.41. The van der Waals surface area contributed by atoms with Crippen molar-refractivity contribution in [1.82, 2.24) is 9.88 Å². The van der Waals surface area contributed by atoms with Gasteiger partial charge >= 0.3 is 0 Å². The number of ketones is 1. The van der Waals surface area contributed by atoms with E-state index in [1.807, 2.05) is 68.4 Å². The van der Waals surface area contributed by atoms with Crippen LogP contribution in [0.1, 0.15) is 34.8 Å². The van der Waals surface area contributed by atoms with E-state index in [4.69, 9.17) is 4.42 Å². The van der Waals surface area contributed by atoms with E-state index in [0.717, 1.165) is 21.9 Å². The number of carbonyl (C=O) groups is 2. The maximum Gasteiger partial charge on any atom is 0.295 e. The topological polar surface area (TPSA) is 66.3 Å². The van der Waals surface area contributed by atoms with Crippen molar-refractivity contribution in [3.63, 3.8) is 0 Å². The lowest BCUT2D eigenvalue weighted by atomic mass is 10.0. The summed E-state index contributed by atoms with van der Waals surface area (Å²) in [4.78, 5) is 30.4. The molecular formula is C22H20N2O3. The van der Waals surface area contributed by atoms with E-state index in [9.17, 15) is 9.59 Å². The Kier molecular flexibility index (Phi) is 4.07. The highest BCUT2D eigenvalue weighted by atomic mass is 16.3. The van der Waals surface area contributed by atoms with Crippen LogP contribution in [0.4, 0.5) is 0 Å². The van der Waals surface area contributed by atoms with Gasteiger partial charge in [-0.1, -0.05) is 36.4 Å². The molecule has 2 aromatic heterocycles. The molecule has 0 aliphatic heterocycles. The summed E-state index contributed by atoms with van der Waals surface area (Å²) >= 11 is 0. The number of likely N-dealkylation sites (N-methyl/N-ethyl adjacent to an activating group) is 1. The third-order valence-corrected chi connectivity index (χ3v) is 5.07. The highest BCUT2D eigenvalue weighted by molar-refractivity contribution is 6.45. The summed E-state index contributed by atoms with van der Waals surface area (Å²) in [6, 6.07) is 16.7. The number of H-pyrrole nitrogens is 1. The molecule has 0 fully saturated rings. The Morgan fingerprint density at radius 2 is 1.78 bits per heavy atom. The molecule has 0 saturated heterocycles. The number of aromatic nitrogens is 1. The van der Waals surface area contributed by atoms with Crippen LogP contribution in [0.2, 0.25) is 0 Å². The van der Waals surface area contributed by atoms with E-state index >= 15 is 0 Å². The standard InChI is InChI=1S/C22H20N2O3/c1-13-20(16-9-5-6-10-17(16)23-13)21(25)22(26)24(3)14(2)19-12-15-8-4-7-11-18(15)27-19/h4-12,14,23H,1-3H3/t14-/m1/s1.